The zero-order valence-corrected chi connectivity index (χ0v) is 9.45. The highest BCUT2D eigenvalue weighted by Gasteiger charge is 2.55. The van der Waals surface area contributed by atoms with Crippen molar-refractivity contribution in [3.8, 4) is 0 Å². The van der Waals surface area contributed by atoms with E-state index in [0.29, 0.717) is 0 Å². The second-order valence-electron chi connectivity index (χ2n) is 5.54. The van der Waals surface area contributed by atoms with Crippen molar-refractivity contribution < 1.29 is 4.39 Å². The van der Waals surface area contributed by atoms with Crippen LogP contribution < -0.4 is 5.73 Å². The lowest BCUT2D eigenvalue weighted by molar-refractivity contribution is 0.257. The summed E-state index contributed by atoms with van der Waals surface area (Å²) in [5, 5.41) is 0. The van der Waals surface area contributed by atoms with Crippen LogP contribution in [0.5, 0.6) is 0 Å². The molecule has 2 aliphatic rings. The zero-order valence-electron chi connectivity index (χ0n) is 9.45. The molecule has 0 aliphatic heterocycles. The van der Waals surface area contributed by atoms with Gasteiger partial charge in [-0.1, -0.05) is 31.4 Å². The maximum absolute atomic E-state index is 12.8. The Bertz CT molecular complexity index is 382. The van der Waals surface area contributed by atoms with Gasteiger partial charge in [0.15, 0.2) is 0 Å². The summed E-state index contributed by atoms with van der Waals surface area (Å²) < 4.78 is 12.8. The summed E-state index contributed by atoms with van der Waals surface area (Å²) in [6, 6.07) is 6.78. The van der Waals surface area contributed by atoms with Gasteiger partial charge in [-0.3, -0.25) is 0 Å². The molecule has 16 heavy (non-hydrogen) atoms. The fourth-order valence-corrected chi connectivity index (χ4v) is 3.01. The molecule has 2 N–H and O–H groups in total. The van der Waals surface area contributed by atoms with Gasteiger partial charge in [-0.05, 0) is 42.4 Å². The Morgan fingerprint density at radius 3 is 2.50 bits per heavy atom. The lowest BCUT2D eigenvalue weighted by Crippen LogP contribution is -2.32. The third-order valence-electron chi connectivity index (χ3n) is 4.34. The minimum absolute atomic E-state index is 0.0168. The summed E-state index contributed by atoms with van der Waals surface area (Å²) in [6.07, 6.45) is 6.19. The Morgan fingerprint density at radius 1 is 1.25 bits per heavy atom. The predicted molar refractivity (Wildman–Crippen MR) is 62.5 cm³/mol. The minimum Gasteiger partial charge on any atom is -0.325 e. The van der Waals surface area contributed by atoms with Gasteiger partial charge in [0, 0.05) is 5.54 Å². The molecule has 2 unspecified atom stereocenters. The maximum Gasteiger partial charge on any atom is 0.123 e. The van der Waals surface area contributed by atoms with Gasteiger partial charge in [0.25, 0.3) is 0 Å². The average molecular weight is 219 g/mol. The molecule has 0 amide bonds. The third kappa shape index (κ3) is 1.75. The molecule has 2 heteroatoms. The SMILES string of the molecule is NC1(Cc2ccc(F)cc2)CC1C1CCC1. The summed E-state index contributed by atoms with van der Waals surface area (Å²) in [5.41, 5.74) is 7.57. The molecule has 1 aromatic carbocycles. The van der Waals surface area contributed by atoms with Crippen molar-refractivity contribution in [2.45, 2.75) is 37.6 Å². The van der Waals surface area contributed by atoms with Crippen LogP contribution in [0, 0.1) is 17.7 Å². The van der Waals surface area contributed by atoms with E-state index in [1.165, 1.54) is 37.0 Å². The van der Waals surface area contributed by atoms with Crippen LogP contribution in [0.15, 0.2) is 24.3 Å². The topological polar surface area (TPSA) is 26.0 Å². The number of hydrogen-bond acceptors (Lipinski definition) is 1. The van der Waals surface area contributed by atoms with Crippen molar-refractivity contribution in [1.82, 2.24) is 0 Å². The van der Waals surface area contributed by atoms with Crippen LogP contribution in [0.4, 0.5) is 4.39 Å². The summed E-state index contributed by atoms with van der Waals surface area (Å²) >= 11 is 0. The smallest absolute Gasteiger partial charge is 0.123 e. The second-order valence-corrected chi connectivity index (χ2v) is 5.54. The van der Waals surface area contributed by atoms with Crippen molar-refractivity contribution in [2.24, 2.45) is 17.6 Å². The molecule has 2 fully saturated rings. The van der Waals surface area contributed by atoms with E-state index in [2.05, 4.69) is 0 Å². The average Bonchev–Trinajstić information content (AvgIpc) is 2.79. The van der Waals surface area contributed by atoms with Gasteiger partial charge in [-0.25, -0.2) is 4.39 Å². The molecule has 0 radical (unpaired) electrons. The molecule has 3 rings (SSSR count). The Labute approximate surface area is 95.8 Å². The highest BCUT2D eigenvalue weighted by Crippen LogP contribution is 2.54. The van der Waals surface area contributed by atoms with E-state index >= 15 is 0 Å². The Balaban J connectivity index is 1.64. The van der Waals surface area contributed by atoms with Crippen LogP contribution in [-0.2, 0) is 6.42 Å². The first-order chi connectivity index (χ1) is 7.67. The van der Waals surface area contributed by atoms with Crippen molar-refractivity contribution >= 4 is 0 Å². The van der Waals surface area contributed by atoms with Crippen molar-refractivity contribution in [3.05, 3.63) is 35.6 Å². The highest BCUT2D eigenvalue weighted by atomic mass is 19.1. The standard InChI is InChI=1S/C14H18FN/c15-12-6-4-10(5-7-12)8-14(16)9-13(14)11-2-1-3-11/h4-7,11,13H,1-3,8-9,16H2. The fourth-order valence-electron chi connectivity index (χ4n) is 3.01. The number of halogens is 1. The Morgan fingerprint density at radius 2 is 1.94 bits per heavy atom. The number of rotatable bonds is 3. The molecule has 1 aromatic rings. The molecule has 0 bridgehead atoms. The van der Waals surface area contributed by atoms with E-state index < -0.39 is 0 Å². The van der Waals surface area contributed by atoms with Crippen LogP contribution >= 0.6 is 0 Å². The van der Waals surface area contributed by atoms with E-state index in [1.54, 1.807) is 0 Å². The van der Waals surface area contributed by atoms with E-state index in [4.69, 9.17) is 5.73 Å². The van der Waals surface area contributed by atoms with Crippen molar-refractivity contribution in [3.63, 3.8) is 0 Å². The molecule has 1 nitrogen and oxygen atoms in total. The van der Waals surface area contributed by atoms with Crippen LogP contribution in [0.1, 0.15) is 31.2 Å². The molecule has 0 aromatic heterocycles. The van der Waals surface area contributed by atoms with Gasteiger partial charge in [0.1, 0.15) is 5.82 Å². The molecular weight excluding hydrogens is 201 g/mol. The molecule has 0 spiro atoms. The third-order valence-corrected chi connectivity index (χ3v) is 4.34. The van der Waals surface area contributed by atoms with Crippen molar-refractivity contribution in [2.75, 3.05) is 0 Å². The largest absolute Gasteiger partial charge is 0.325 e. The van der Waals surface area contributed by atoms with Crippen LogP contribution in [-0.4, -0.2) is 5.54 Å². The Kier molecular flexibility index (Phi) is 2.28. The fraction of sp³-hybridized carbons (Fsp3) is 0.571. The Hall–Kier alpha value is -0.890. The molecule has 2 atom stereocenters. The molecule has 86 valence electrons. The lowest BCUT2D eigenvalue weighted by atomic mass is 9.79. The van der Waals surface area contributed by atoms with Gasteiger partial charge in [0.05, 0.1) is 0 Å². The monoisotopic (exact) mass is 219 g/mol. The summed E-state index contributed by atoms with van der Waals surface area (Å²) in [6.45, 7) is 0. The quantitative estimate of drug-likeness (QED) is 0.831. The minimum atomic E-state index is -0.166. The van der Waals surface area contributed by atoms with E-state index in [-0.39, 0.29) is 11.4 Å². The summed E-state index contributed by atoms with van der Waals surface area (Å²) in [7, 11) is 0. The maximum atomic E-state index is 12.8. The molecule has 2 saturated carbocycles. The first-order valence-corrected chi connectivity index (χ1v) is 6.21. The number of nitrogens with two attached hydrogens (primary N) is 1. The molecular formula is C14H18FN. The molecule has 0 saturated heterocycles. The van der Waals surface area contributed by atoms with Crippen LogP contribution in [0.2, 0.25) is 0 Å². The van der Waals surface area contributed by atoms with Gasteiger partial charge >= 0.3 is 0 Å². The first-order valence-electron chi connectivity index (χ1n) is 6.21. The molecule has 2 aliphatic carbocycles. The van der Waals surface area contributed by atoms with Gasteiger partial charge < -0.3 is 5.73 Å². The van der Waals surface area contributed by atoms with E-state index in [0.717, 1.165) is 24.7 Å². The summed E-state index contributed by atoms with van der Waals surface area (Å²) in [4.78, 5) is 0. The summed E-state index contributed by atoms with van der Waals surface area (Å²) in [5.74, 6) is 1.44. The highest BCUT2D eigenvalue weighted by molar-refractivity contribution is 5.24. The van der Waals surface area contributed by atoms with Crippen LogP contribution in [0.3, 0.4) is 0 Å². The second kappa shape index (κ2) is 3.56. The van der Waals surface area contributed by atoms with Crippen LogP contribution in [0.25, 0.3) is 0 Å². The molecule has 0 heterocycles. The van der Waals surface area contributed by atoms with Crippen molar-refractivity contribution in [1.29, 1.82) is 0 Å². The normalized spacial score (nSPS) is 33.5. The number of benzene rings is 1. The van der Waals surface area contributed by atoms with E-state index in [1.807, 2.05) is 12.1 Å². The lowest BCUT2D eigenvalue weighted by Gasteiger charge is -2.27. The first kappa shape index (κ1) is 10.3. The van der Waals surface area contributed by atoms with Gasteiger partial charge in [0.2, 0.25) is 0 Å². The van der Waals surface area contributed by atoms with Gasteiger partial charge in [-0.15, -0.1) is 0 Å². The van der Waals surface area contributed by atoms with Gasteiger partial charge in [-0.2, -0.15) is 0 Å². The predicted octanol–water partition coefficient (Wildman–Crippen LogP) is 2.89. The number of hydrogen-bond donors (Lipinski definition) is 1. The van der Waals surface area contributed by atoms with E-state index in [9.17, 15) is 4.39 Å². The zero-order chi connectivity index (χ0) is 11.2.